The summed E-state index contributed by atoms with van der Waals surface area (Å²) in [6.07, 6.45) is 2.84. The number of anilines is 1. The van der Waals surface area contributed by atoms with E-state index in [9.17, 15) is 9.59 Å². The first-order valence-electron chi connectivity index (χ1n) is 9.37. The first-order chi connectivity index (χ1) is 14.0. The average Bonchev–Trinajstić information content (AvgIpc) is 2.74. The molecule has 148 valence electrons. The van der Waals surface area contributed by atoms with Crippen LogP contribution in [-0.4, -0.2) is 22.9 Å². The molecule has 0 fully saturated rings. The monoisotopic (exact) mass is 389 g/mol. The predicted octanol–water partition coefficient (Wildman–Crippen LogP) is 4.05. The van der Waals surface area contributed by atoms with Crippen molar-refractivity contribution in [3.8, 4) is 5.75 Å². The molecule has 29 heavy (non-hydrogen) atoms. The van der Waals surface area contributed by atoms with Gasteiger partial charge in [0.05, 0.1) is 22.9 Å². The summed E-state index contributed by atoms with van der Waals surface area (Å²) in [5, 5.41) is 5.65. The normalized spacial score (nSPS) is 10.4. The number of nitrogens with zero attached hydrogens (tertiary/aromatic N) is 1. The summed E-state index contributed by atoms with van der Waals surface area (Å²) in [7, 11) is 0. The fraction of sp³-hybridized carbons (Fsp3) is 0.174. The zero-order chi connectivity index (χ0) is 20.6. The van der Waals surface area contributed by atoms with Gasteiger partial charge in [0, 0.05) is 18.9 Å². The van der Waals surface area contributed by atoms with E-state index in [1.54, 1.807) is 12.1 Å². The van der Waals surface area contributed by atoms with Gasteiger partial charge >= 0.3 is 0 Å². The van der Waals surface area contributed by atoms with Crippen molar-refractivity contribution in [3.05, 3.63) is 89.7 Å². The molecule has 0 aliphatic carbocycles. The van der Waals surface area contributed by atoms with E-state index in [0.29, 0.717) is 23.5 Å². The number of carbonyl (C=O) groups is 2. The number of aromatic nitrogens is 1. The molecule has 2 N–H and O–H groups in total. The molecule has 3 aromatic rings. The van der Waals surface area contributed by atoms with E-state index in [1.807, 2.05) is 56.3 Å². The van der Waals surface area contributed by atoms with Gasteiger partial charge in [-0.3, -0.25) is 14.6 Å². The van der Waals surface area contributed by atoms with Crippen molar-refractivity contribution in [2.45, 2.75) is 26.5 Å². The van der Waals surface area contributed by atoms with Crippen LogP contribution >= 0.6 is 0 Å². The molecule has 0 atom stereocenters. The quantitative estimate of drug-likeness (QED) is 0.639. The van der Waals surface area contributed by atoms with Crippen LogP contribution in [0.5, 0.6) is 5.75 Å². The summed E-state index contributed by atoms with van der Waals surface area (Å²) in [5.74, 6) is -0.0740. The molecule has 0 spiro atoms. The molecule has 2 amide bonds. The van der Waals surface area contributed by atoms with Crippen LogP contribution < -0.4 is 15.4 Å². The third-order valence-electron chi connectivity index (χ3n) is 4.06. The number of ether oxygens (including phenoxy) is 1. The summed E-state index contributed by atoms with van der Waals surface area (Å²) in [6.45, 7) is 4.23. The van der Waals surface area contributed by atoms with Crippen molar-refractivity contribution in [3.63, 3.8) is 0 Å². The Balaban J connectivity index is 1.69. The molecule has 0 bridgehead atoms. The first kappa shape index (κ1) is 20.1. The van der Waals surface area contributed by atoms with Crippen molar-refractivity contribution in [1.82, 2.24) is 10.3 Å². The van der Waals surface area contributed by atoms with E-state index in [-0.39, 0.29) is 23.5 Å². The number of rotatable bonds is 7. The minimum atomic E-state index is -0.366. The number of benzene rings is 2. The van der Waals surface area contributed by atoms with Crippen LogP contribution in [0, 0.1) is 0 Å². The molecule has 6 nitrogen and oxygen atoms in total. The lowest BCUT2D eigenvalue weighted by atomic mass is 10.1. The number of pyridine rings is 1. The second-order valence-electron chi connectivity index (χ2n) is 6.75. The fourth-order valence-electron chi connectivity index (χ4n) is 2.69. The van der Waals surface area contributed by atoms with Gasteiger partial charge in [-0.1, -0.05) is 42.5 Å². The SMILES string of the molecule is CC(C)Oc1ccccc1NC(=O)c1cncc(C(=O)NCc2ccccc2)c1. The van der Waals surface area contributed by atoms with Crippen LogP contribution in [0.2, 0.25) is 0 Å². The largest absolute Gasteiger partial charge is 0.489 e. The molecule has 0 unspecified atom stereocenters. The van der Waals surface area contributed by atoms with Gasteiger partial charge in [-0.15, -0.1) is 0 Å². The molecule has 0 saturated heterocycles. The Hall–Kier alpha value is -3.67. The number of nitrogens with one attached hydrogen (secondary N) is 2. The minimum absolute atomic E-state index is 0.0219. The number of hydrogen-bond acceptors (Lipinski definition) is 4. The van der Waals surface area contributed by atoms with Crippen LogP contribution in [0.15, 0.2) is 73.1 Å². The van der Waals surface area contributed by atoms with Gasteiger partial charge in [-0.05, 0) is 37.6 Å². The number of hydrogen-bond donors (Lipinski definition) is 2. The summed E-state index contributed by atoms with van der Waals surface area (Å²) >= 11 is 0. The van der Waals surface area contributed by atoms with Gasteiger partial charge in [0.25, 0.3) is 11.8 Å². The van der Waals surface area contributed by atoms with E-state index in [2.05, 4.69) is 15.6 Å². The maximum absolute atomic E-state index is 12.7. The van der Waals surface area contributed by atoms with Gasteiger partial charge in [0.15, 0.2) is 0 Å². The Bertz CT molecular complexity index is 987. The summed E-state index contributed by atoms with van der Waals surface area (Å²) in [5.41, 5.74) is 2.16. The topological polar surface area (TPSA) is 80.3 Å². The van der Waals surface area contributed by atoms with Gasteiger partial charge in [-0.25, -0.2) is 0 Å². The highest BCUT2D eigenvalue weighted by Crippen LogP contribution is 2.25. The van der Waals surface area contributed by atoms with E-state index in [1.165, 1.54) is 18.5 Å². The summed E-state index contributed by atoms with van der Waals surface area (Å²) in [6, 6.07) is 18.3. The van der Waals surface area contributed by atoms with Crippen molar-refractivity contribution < 1.29 is 14.3 Å². The van der Waals surface area contributed by atoms with E-state index in [0.717, 1.165) is 5.56 Å². The predicted molar refractivity (Wildman–Crippen MR) is 112 cm³/mol. The third-order valence-corrected chi connectivity index (χ3v) is 4.06. The lowest BCUT2D eigenvalue weighted by Crippen LogP contribution is -2.23. The van der Waals surface area contributed by atoms with Gasteiger partial charge in [0.2, 0.25) is 0 Å². The smallest absolute Gasteiger partial charge is 0.257 e. The lowest BCUT2D eigenvalue weighted by Gasteiger charge is -2.15. The first-order valence-corrected chi connectivity index (χ1v) is 9.37. The second kappa shape index (κ2) is 9.50. The minimum Gasteiger partial charge on any atom is -0.489 e. The molecule has 1 aromatic heterocycles. The number of amides is 2. The van der Waals surface area contributed by atoms with E-state index in [4.69, 9.17) is 4.74 Å². The van der Waals surface area contributed by atoms with Crippen LogP contribution in [0.4, 0.5) is 5.69 Å². The molecular weight excluding hydrogens is 366 g/mol. The molecule has 0 radical (unpaired) electrons. The standard InChI is InChI=1S/C23H23N3O3/c1-16(2)29-21-11-7-6-10-20(21)26-23(28)19-12-18(14-24-15-19)22(27)25-13-17-8-4-3-5-9-17/h3-12,14-16H,13H2,1-2H3,(H,25,27)(H,26,28). The van der Waals surface area contributed by atoms with Crippen molar-refractivity contribution in [1.29, 1.82) is 0 Å². The Morgan fingerprint density at radius 3 is 2.31 bits per heavy atom. The number of para-hydroxylation sites is 2. The Kier molecular flexibility index (Phi) is 6.58. The van der Waals surface area contributed by atoms with Gasteiger partial charge in [-0.2, -0.15) is 0 Å². The third kappa shape index (κ3) is 5.65. The maximum atomic E-state index is 12.7. The molecule has 2 aromatic carbocycles. The van der Waals surface area contributed by atoms with Crippen molar-refractivity contribution in [2.75, 3.05) is 5.32 Å². The lowest BCUT2D eigenvalue weighted by molar-refractivity contribution is 0.0950. The van der Waals surface area contributed by atoms with Gasteiger partial charge < -0.3 is 15.4 Å². The highest BCUT2D eigenvalue weighted by molar-refractivity contribution is 6.06. The summed E-state index contributed by atoms with van der Waals surface area (Å²) in [4.78, 5) is 29.1. The van der Waals surface area contributed by atoms with E-state index >= 15 is 0 Å². The fourth-order valence-corrected chi connectivity index (χ4v) is 2.69. The van der Waals surface area contributed by atoms with Crippen LogP contribution in [0.25, 0.3) is 0 Å². The second-order valence-corrected chi connectivity index (χ2v) is 6.75. The van der Waals surface area contributed by atoms with Crippen LogP contribution in [0.1, 0.15) is 40.1 Å². The molecular formula is C23H23N3O3. The number of carbonyl (C=O) groups excluding carboxylic acids is 2. The summed E-state index contributed by atoms with van der Waals surface area (Å²) < 4.78 is 5.72. The highest BCUT2D eigenvalue weighted by Gasteiger charge is 2.14. The van der Waals surface area contributed by atoms with Crippen LogP contribution in [-0.2, 0) is 6.54 Å². The average molecular weight is 389 g/mol. The molecule has 6 heteroatoms. The molecule has 1 heterocycles. The van der Waals surface area contributed by atoms with E-state index < -0.39 is 0 Å². The van der Waals surface area contributed by atoms with Gasteiger partial charge in [0.1, 0.15) is 5.75 Å². The Morgan fingerprint density at radius 2 is 1.59 bits per heavy atom. The van der Waals surface area contributed by atoms with Crippen molar-refractivity contribution in [2.24, 2.45) is 0 Å². The molecule has 0 aliphatic rings. The zero-order valence-corrected chi connectivity index (χ0v) is 16.4. The Labute approximate surface area is 169 Å². The molecule has 3 rings (SSSR count). The van der Waals surface area contributed by atoms with Crippen LogP contribution in [0.3, 0.4) is 0 Å². The maximum Gasteiger partial charge on any atom is 0.257 e. The highest BCUT2D eigenvalue weighted by atomic mass is 16.5. The molecule has 0 aliphatic heterocycles. The Morgan fingerprint density at radius 1 is 0.931 bits per heavy atom. The molecule has 0 saturated carbocycles. The zero-order valence-electron chi connectivity index (χ0n) is 16.4. The van der Waals surface area contributed by atoms with Crippen molar-refractivity contribution >= 4 is 17.5 Å².